The fourth-order valence-electron chi connectivity index (χ4n) is 3.30. The number of para-hydroxylation sites is 1. The maximum Gasteiger partial charge on any atom is 0.435 e. The largest absolute Gasteiger partial charge is 0.487 e. The first-order valence-electron chi connectivity index (χ1n) is 10.6. The van der Waals surface area contributed by atoms with Gasteiger partial charge in [-0.25, -0.2) is 4.79 Å². The monoisotopic (exact) mass is 509 g/mol. The van der Waals surface area contributed by atoms with Crippen LogP contribution in [0.2, 0.25) is 10.0 Å². The van der Waals surface area contributed by atoms with Gasteiger partial charge in [0.1, 0.15) is 35.2 Å². The summed E-state index contributed by atoms with van der Waals surface area (Å²) in [6.45, 7) is 5.48. The zero-order valence-corrected chi connectivity index (χ0v) is 20.7. The highest BCUT2D eigenvalue weighted by atomic mass is 35.5. The minimum Gasteiger partial charge on any atom is -0.487 e. The van der Waals surface area contributed by atoms with E-state index in [2.05, 4.69) is 5.10 Å². The van der Waals surface area contributed by atoms with E-state index >= 15 is 0 Å². The van der Waals surface area contributed by atoms with E-state index in [-0.39, 0.29) is 6.61 Å². The Bertz CT molecular complexity index is 1450. The summed E-state index contributed by atoms with van der Waals surface area (Å²) in [5, 5.41) is 15.1. The summed E-state index contributed by atoms with van der Waals surface area (Å²) in [7, 11) is 0. The third-order valence-corrected chi connectivity index (χ3v) is 5.27. The average Bonchev–Trinajstić information content (AvgIpc) is 3.17. The molecular weight excluding hydrogens is 489 g/mol. The normalized spacial score (nSPS) is 11.2. The minimum absolute atomic E-state index is 0.0904. The van der Waals surface area contributed by atoms with Gasteiger partial charge in [-0.1, -0.05) is 41.4 Å². The molecule has 0 radical (unpaired) electrons. The Morgan fingerprint density at radius 3 is 2.57 bits per heavy atom. The van der Waals surface area contributed by atoms with Crippen molar-refractivity contribution in [3.63, 3.8) is 0 Å². The van der Waals surface area contributed by atoms with Crippen molar-refractivity contribution in [2.24, 2.45) is 0 Å². The van der Waals surface area contributed by atoms with Gasteiger partial charge in [-0.15, -0.1) is 0 Å². The van der Waals surface area contributed by atoms with Crippen LogP contribution in [0.4, 0.5) is 4.79 Å². The van der Waals surface area contributed by atoms with E-state index in [4.69, 9.17) is 42.7 Å². The summed E-state index contributed by atoms with van der Waals surface area (Å²) in [5.41, 5.74) is 0.896. The molecule has 0 fully saturated rings. The smallest absolute Gasteiger partial charge is 0.435 e. The lowest BCUT2D eigenvalue weighted by atomic mass is 10.2. The summed E-state index contributed by atoms with van der Waals surface area (Å²) in [5.74, 6) is 1.18. The van der Waals surface area contributed by atoms with Gasteiger partial charge < -0.3 is 14.2 Å². The second-order valence-electron chi connectivity index (χ2n) is 8.63. The number of hydrogen-bond acceptors (Lipinski definition) is 6. The topological polar surface area (TPSA) is 86.4 Å². The lowest BCUT2D eigenvalue weighted by Crippen LogP contribution is -2.27. The average molecular weight is 510 g/mol. The van der Waals surface area contributed by atoms with Crippen molar-refractivity contribution in [3.05, 3.63) is 82.0 Å². The van der Waals surface area contributed by atoms with E-state index in [0.29, 0.717) is 44.1 Å². The van der Waals surface area contributed by atoms with E-state index < -0.39 is 11.7 Å². The van der Waals surface area contributed by atoms with Crippen LogP contribution < -0.4 is 9.47 Å². The van der Waals surface area contributed by atoms with Crippen molar-refractivity contribution in [2.45, 2.75) is 33.0 Å². The molecule has 0 aliphatic rings. The lowest BCUT2D eigenvalue weighted by molar-refractivity contribution is 0.0521. The van der Waals surface area contributed by atoms with Crippen LogP contribution in [-0.4, -0.2) is 21.5 Å². The Morgan fingerprint density at radius 1 is 1.06 bits per heavy atom. The van der Waals surface area contributed by atoms with Crippen molar-refractivity contribution in [2.75, 3.05) is 0 Å². The summed E-state index contributed by atoms with van der Waals surface area (Å²) in [6.07, 6.45) is -0.569. The van der Waals surface area contributed by atoms with Crippen LogP contribution in [0.15, 0.2) is 60.7 Å². The van der Waals surface area contributed by atoms with Gasteiger partial charge in [0, 0.05) is 16.5 Å². The molecule has 0 atom stereocenters. The molecule has 4 rings (SSSR count). The summed E-state index contributed by atoms with van der Waals surface area (Å²) in [6, 6.07) is 19.0. The zero-order valence-electron chi connectivity index (χ0n) is 19.2. The molecule has 7 nitrogen and oxygen atoms in total. The quantitative estimate of drug-likeness (QED) is 0.279. The Hall–Kier alpha value is -3.73. The number of halogens is 2. The molecule has 0 aliphatic heterocycles. The number of aromatic nitrogens is 2. The molecular formula is C26H21Cl2N3O4. The van der Waals surface area contributed by atoms with Crippen LogP contribution in [0.1, 0.15) is 32.0 Å². The molecule has 0 aliphatic carbocycles. The van der Waals surface area contributed by atoms with Crippen molar-refractivity contribution in [1.82, 2.24) is 9.78 Å². The molecule has 0 spiro atoms. The molecule has 35 heavy (non-hydrogen) atoms. The fourth-order valence-corrected chi connectivity index (χ4v) is 3.68. The van der Waals surface area contributed by atoms with Gasteiger partial charge >= 0.3 is 6.09 Å². The predicted octanol–water partition coefficient (Wildman–Crippen LogP) is 7.37. The van der Waals surface area contributed by atoms with E-state index in [1.54, 1.807) is 57.2 Å². The van der Waals surface area contributed by atoms with Crippen LogP contribution in [0, 0.1) is 11.3 Å². The van der Waals surface area contributed by atoms with E-state index in [1.807, 2.05) is 24.3 Å². The van der Waals surface area contributed by atoms with Gasteiger partial charge in [-0.3, -0.25) is 0 Å². The van der Waals surface area contributed by atoms with Crippen molar-refractivity contribution in [1.29, 1.82) is 5.26 Å². The summed E-state index contributed by atoms with van der Waals surface area (Å²) < 4.78 is 18.5. The van der Waals surface area contributed by atoms with Crippen molar-refractivity contribution < 1.29 is 19.0 Å². The Balaban J connectivity index is 1.57. The standard InChI is InChI=1S/C26H21Cl2N3O4/c1-26(2,3)35-25(32)31-23-7-5-4-6-20(23)22(30-31)15-33-18-8-9-21(28)24(13-18)34-19-11-16(14-29)10-17(27)12-19/h4-13H,15H2,1-3H3. The second-order valence-corrected chi connectivity index (χ2v) is 9.47. The molecule has 1 heterocycles. The number of carbonyl (C=O) groups excluding carboxylic acids is 1. The molecule has 178 valence electrons. The van der Waals surface area contributed by atoms with Gasteiger partial charge in [0.15, 0.2) is 0 Å². The van der Waals surface area contributed by atoms with Crippen LogP contribution in [-0.2, 0) is 11.3 Å². The highest BCUT2D eigenvalue weighted by Gasteiger charge is 2.22. The molecule has 1 aromatic heterocycles. The lowest BCUT2D eigenvalue weighted by Gasteiger charge is -2.19. The van der Waals surface area contributed by atoms with Crippen molar-refractivity contribution >= 4 is 40.2 Å². The molecule has 0 saturated carbocycles. The number of ether oxygens (including phenoxy) is 3. The van der Waals surface area contributed by atoms with Gasteiger partial charge in [0.05, 0.1) is 22.2 Å². The summed E-state index contributed by atoms with van der Waals surface area (Å²) in [4.78, 5) is 12.7. The van der Waals surface area contributed by atoms with E-state index in [9.17, 15) is 4.79 Å². The Morgan fingerprint density at radius 2 is 1.83 bits per heavy atom. The first kappa shape index (κ1) is 24.4. The highest BCUT2D eigenvalue weighted by molar-refractivity contribution is 6.32. The van der Waals surface area contributed by atoms with Gasteiger partial charge in [-0.05, 0) is 57.2 Å². The molecule has 0 unspecified atom stereocenters. The number of benzene rings is 3. The third kappa shape index (κ3) is 5.86. The predicted molar refractivity (Wildman–Crippen MR) is 133 cm³/mol. The second kappa shape index (κ2) is 9.87. The van der Waals surface area contributed by atoms with Crippen LogP contribution >= 0.6 is 23.2 Å². The molecule has 9 heteroatoms. The molecule has 0 N–H and O–H groups in total. The van der Waals surface area contributed by atoms with Crippen LogP contribution in [0.5, 0.6) is 17.2 Å². The number of fused-ring (bicyclic) bond motifs is 1. The zero-order chi connectivity index (χ0) is 25.2. The molecule has 0 amide bonds. The number of carbonyl (C=O) groups is 1. The number of rotatable bonds is 5. The maximum atomic E-state index is 12.7. The van der Waals surface area contributed by atoms with E-state index in [1.165, 1.54) is 10.7 Å². The van der Waals surface area contributed by atoms with Gasteiger partial charge in [-0.2, -0.15) is 15.0 Å². The Kier molecular flexibility index (Phi) is 6.88. The number of nitrogens with zero attached hydrogens (tertiary/aromatic N) is 3. The first-order valence-corrected chi connectivity index (χ1v) is 11.4. The van der Waals surface area contributed by atoms with Crippen LogP contribution in [0.3, 0.4) is 0 Å². The fraction of sp³-hybridized carbons (Fsp3) is 0.192. The molecule has 0 saturated heterocycles. The highest BCUT2D eigenvalue weighted by Crippen LogP contribution is 2.34. The van der Waals surface area contributed by atoms with Crippen molar-refractivity contribution in [3.8, 4) is 23.3 Å². The third-order valence-electron chi connectivity index (χ3n) is 4.74. The van der Waals surface area contributed by atoms with E-state index in [0.717, 1.165) is 5.39 Å². The number of nitriles is 1. The summed E-state index contributed by atoms with van der Waals surface area (Å²) >= 11 is 12.4. The molecule has 4 aromatic rings. The van der Waals surface area contributed by atoms with Gasteiger partial charge in [0.25, 0.3) is 0 Å². The Labute approximate surface area is 212 Å². The minimum atomic E-state index is -0.655. The molecule has 0 bridgehead atoms. The van der Waals surface area contributed by atoms with Crippen LogP contribution in [0.25, 0.3) is 10.9 Å². The molecule has 3 aromatic carbocycles. The first-order chi connectivity index (χ1) is 16.6. The SMILES string of the molecule is CC(C)(C)OC(=O)n1nc(COc2ccc(Cl)c(Oc3cc(Cl)cc(C#N)c3)c2)c2ccccc21. The maximum absolute atomic E-state index is 12.7. The van der Waals surface area contributed by atoms with Gasteiger partial charge in [0.2, 0.25) is 0 Å². The number of hydrogen-bond donors (Lipinski definition) is 0.